The van der Waals surface area contributed by atoms with Crippen LogP contribution in [0.4, 0.5) is 0 Å². The molecule has 0 spiro atoms. The van der Waals surface area contributed by atoms with Gasteiger partial charge in [-0.15, -0.1) is 0 Å². The van der Waals surface area contributed by atoms with E-state index >= 15 is 0 Å². The highest BCUT2D eigenvalue weighted by Gasteiger charge is 2.14. The van der Waals surface area contributed by atoms with E-state index in [1.54, 1.807) is 12.7 Å². The molecule has 1 aromatic carbocycles. The summed E-state index contributed by atoms with van der Waals surface area (Å²) in [5.41, 5.74) is 4.19. The zero-order valence-electron chi connectivity index (χ0n) is 13.2. The van der Waals surface area contributed by atoms with E-state index in [0.29, 0.717) is 0 Å². The third-order valence-electron chi connectivity index (χ3n) is 4.81. The van der Waals surface area contributed by atoms with Crippen LogP contribution in [0.1, 0.15) is 62.6 Å². The summed E-state index contributed by atoms with van der Waals surface area (Å²) in [6.45, 7) is 0. The van der Waals surface area contributed by atoms with Gasteiger partial charge in [0.1, 0.15) is 5.75 Å². The SMILES string of the molecule is COc1cccc2c3c([nH]c12)CCCCCCCCCC3. The summed E-state index contributed by atoms with van der Waals surface area (Å²) < 4.78 is 5.53. The molecule has 1 aliphatic rings. The molecule has 1 aliphatic carbocycles. The highest BCUT2D eigenvalue weighted by atomic mass is 16.5. The van der Waals surface area contributed by atoms with Crippen molar-refractivity contribution in [3.63, 3.8) is 0 Å². The van der Waals surface area contributed by atoms with Gasteiger partial charge in [-0.3, -0.25) is 0 Å². The quantitative estimate of drug-likeness (QED) is 0.746. The Kier molecular flexibility index (Phi) is 4.84. The number of ether oxygens (including phenoxy) is 1. The fraction of sp³-hybridized carbons (Fsp3) is 0.579. The van der Waals surface area contributed by atoms with Crippen molar-refractivity contribution in [2.75, 3.05) is 7.11 Å². The van der Waals surface area contributed by atoms with Crippen LogP contribution in [0.3, 0.4) is 0 Å². The molecule has 21 heavy (non-hydrogen) atoms. The standard InChI is InChI=1S/C19H27NO/c1-21-18-14-10-12-16-15-11-8-6-4-2-3-5-7-9-13-17(15)20-19(16)18/h10,12,14,20H,2-9,11,13H2,1H3. The van der Waals surface area contributed by atoms with Gasteiger partial charge in [0, 0.05) is 11.1 Å². The third kappa shape index (κ3) is 3.25. The molecular formula is C19H27NO. The number of aromatic nitrogens is 1. The molecule has 0 saturated heterocycles. The van der Waals surface area contributed by atoms with Gasteiger partial charge in [0.25, 0.3) is 0 Å². The first kappa shape index (κ1) is 14.5. The fourth-order valence-electron chi connectivity index (χ4n) is 3.63. The molecule has 0 saturated carbocycles. The Labute approximate surface area is 127 Å². The van der Waals surface area contributed by atoms with Crippen molar-refractivity contribution in [1.82, 2.24) is 4.98 Å². The first-order valence-corrected chi connectivity index (χ1v) is 8.56. The molecule has 114 valence electrons. The van der Waals surface area contributed by atoms with Gasteiger partial charge in [0.05, 0.1) is 12.6 Å². The number of H-pyrrole nitrogens is 1. The van der Waals surface area contributed by atoms with Crippen molar-refractivity contribution < 1.29 is 4.74 Å². The van der Waals surface area contributed by atoms with Crippen LogP contribution in [0, 0.1) is 0 Å². The van der Waals surface area contributed by atoms with E-state index in [0.717, 1.165) is 5.75 Å². The second kappa shape index (κ2) is 7.02. The van der Waals surface area contributed by atoms with Crippen molar-refractivity contribution in [2.45, 2.75) is 64.2 Å². The van der Waals surface area contributed by atoms with Gasteiger partial charge in [-0.1, -0.05) is 50.7 Å². The highest BCUT2D eigenvalue weighted by Crippen LogP contribution is 2.32. The summed E-state index contributed by atoms with van der Waals surface area (Å²) in [6.07, 6.45) is 13.4. The molecule has 0 aliphatic heterocycles. The minimum absolute atomic E-state index is 0.976. The number of para-hydroxylation sites is 1. The molecular weight excluding hydrogens is 258 g/mol. The molecule has 0 radical (unpaired) electrons. The second-order valence-corrected chi connectivity index (χ2v) is 6.29. The summed E-state index contributed by atoms with van der Waals surface area (Å²) in [5, 5.41) is 1.38. The van der Waals surface area contributed by atoms with Gasteiger partial charge in [-0.2, -0.15) is 0 Å². The van der Waals surface area contributed by atoms with E-state index in [1.165, 1.54) is 80.8 Å². The van der Waals surface area contributed by atoms with Crippen molar-refractivity contribution in [1.29, 1.82) is 0 Å². The van der Waals surface area contributed by atoms with Crippen LogP contribution in [0.15, 0.2) is 18.2 Å². The minimum Gasteiger partial charge on any atom is -0.495 e. The number of aromatic amines is 1. The van der Waals surface area contributed by atoms with Gasteiger partial charge >= 0.3 is 0 Å². The number of methoxy groups -OCH3 is 1. The maximum Gasteiger partial charge on any atom is 0.142 e. The first-order chi connectivity index (χ1) is 10.4. The molecule has 0 atom stereocenters. The molecule has 0 unspecified atom stereocenters. The topological polar surface area (TPSA) is 25.0 Å². The summed E-state index contributed by atoms with van der Waals surface area (Å²) in [5.74, 6) is 0.976. The Morgan fingerprint density at radius 1 is 0.857 bits per heavy atom. The molecule has 1 heterocycles. The largest absolute Gasteiger partial charge is 0.495 e. The average Bonchev–Trinajstić information content (AvgIpc) is 2.85. The highest BCUT2D eigenvalue weighted by molar-refractivity contribution is 5.89. The Morgan fingerprint density at radius 2 is 1.52 bits per heavy atom. The van der Waals surface area contributed by atoms with Gasteiger partial charge in [0.2, 0.25) is 0 Å². The molecule has 0 bridgehead atoms. The molecule has 2 nitrogen and oxygen atoms in total. The van der Waals surface area contributed by atoms with Gasteiger partial charge in [-0.05, 0) is 37.3 Å². The number of hydrogen-bond acceptors (Lipinski definition) is 1. The normalized spacial score (nSPS) is 17.8. The van der Waals surface area contributed by atoms with Crippen LogP contribution in [0.2, 0.25) is 0 Å². The number of nitrogens with one attached hydrogen (secondary N) is 1. The zero-order valence-corrected chi connectivity index (χ0v) is 13.2. The van der Waals surface area contributed by atoms with E-state index in [4.69, 9.17) is 4.74 Å². The van der Waals surface area contributed by atoms with Crippen LogP contribution < -0.4 is 4.74 Å². The van der Waals surface area contributed by atoms with E-state index in [9.17, 15) is 0 Å². The maximum absolute atomic E-state index is 5.53. The van der Waals surface area contributed by atoms with Crippen molar-refractivity contribution in [2.24, 2.45) is 0 Å². The molecule has 0 amide bonds. The van der Waals surface area contributed by atoms with Crippen LogP contribution >= 0.6 is 0 Å². The van der Waals surface area contributed by atoms with Gasteiger partial charge in [-0.25, -0.2) is 0 Å². The van der Waals surface area contributed by atoms with Crippen LogP contribution in [-0.4, -0.2) is 12.1 Å². The smallest absolute Gasteiger partial charge is 0.142 e. The van der Waals surface area contributed by atoms with Crippen LogP contribution in [0.25, 0.3) is 10.9 Å². The number of rotatable bonds is 1. The lowest BCUT2D eigenvalue weighted by Gasteiger charge is -2.08. The monoisotopic (exact) mass is 285 g/mol. The predicted molar refractivity (Wildman–Crippen MR) is 89.2 cm³/mol. The predicted octanol–water partition coefficient (Wildman–Crippen LogP) is 5.40. The molecule has 1 aromatic heterocycles. The maximum atomic E-state index is 5.53. The number of aryl methyl sites for hydroxylation is 2. The zero-order chi connectivity index (χ0) is 14.5. The molecule has 3 rings (SSSR count). The fourth-order valence-corrected chi connectivity index (χ4v) is 3.63. The Morgan fingerprint density at radius 3 is 2.24 bits per heavy atom. The van der Waals surface area contributed by atoms with E-state index in [1.807, 2.05) is 0 Å². The summed E-state index contributed by atoms with van der Waals surface area (Å²) >= 11 is 0. The number of benzene rings is 1. The Bertz CT molecular complexity index is 585. The van der Waals surface area contributed by atoms with Crippen molar-refractivity contribution in [3.8, 4) is 5.75 Å². The third-order valence-corrected chi connectivity index (χ3v) is 4.81. The molecule has 1 N–H and O–H groups in total. The summed E-state index contributed by atoms with van der Waals surface area (Å²) in [4.78, 5) is 3.66. The Balaban J connectivity index is 1.94. The average molecular weight is 285 g/mol. The van der Waals surface area contributed by atoms with Gasteiger partial charge in [0.15, 0.2) is 0 Å². The second-order valence-electron chi connectivity index (χ2n) is 6.29. The number of hydrogen-bond donors (Lipinski definition) is 1. The Hall–Kier alpha value is -1.44. The van der Waals surface area contributed by atoms with E-state index in [2.05, 4.69) is 23.2 Å². The molecule has 2 aromatic rings. The van der Waals surface area contributed by atoms with E-state index in [-0.39, 0.29) is 0 Å². The van der Waals surface area contributed by atoms with Crippen LogP contribution in [0.5, 0.6) is 5.75 Å². The number of fused-ring (bicyclic) bond motifs is 3. The minimum atomic E-state index is 0.976. The van der Waals surface area contributed by atoms with Gasteiger partial charge < -0.3 is 9.72 Å². The van der Waals surface area contributed by atoms with Crippen molar-refractivity contribution in [3.05, 3.63) is 29.5 Å². The lowest BCUT2D eigenvalue weighted by molar-refractivity contribution is 0.419. The van der Waals surface area contributed by atoms with Crippen LogP contribution in [-0.2, 0) is 12.8 Å². The lowest BCUT2D eigenvalue weighted by Crippen LogP contribution is -1.95. The van der Waals surface area contributed by atoms with E-state index < -0.39 is 0 Å². The molecule has 2 heteroatoms. The summed E-state index contributed by atoms with van der Waals surface area (Å²) in [7, 11) is 1.76. The van der Waals surface area contributed by atoms with Crippen molar-refractivity contribution >= 4 is 10.9 Å². The summed E-state index contributed by atoms with van der Waals surface area (Å²) in [6, 6.07) is 6.42. The lowest BCUT2D eigenvalue weighted by atomic mass is 9.98. The first-order valence-electron chi connectivity index (χ1n) is 8.56. The molecule has 0 fully saturated rings.